The largest absolute Gasteiger partial charge is 0.423 e. The molecule has 0 aliphatic heterocycles. The van der Waals surface area contributed by atoms with Gasteiger partial charge in [0, 0.05) is 10.9 Å². The summed E-state index contributed by atoms with van der Waals surface area (Å²) in [6.07, 6.45) is 1.10. The highest BCUT2D eigenvalue weighted by Crippen LogP contribution is 2.37. The fourth-order valence-electron chi connectivity index (χ4n) is 2.15. The van der Waals surface area contributed by atoms with Crippen molar-refractivity contribution in [2.75, 3.05) is 0 Å². The molecule has 2 aromatic carbocycles. The van der Waals surface area contributed by atoms with E-state index in [1.54, 1.807) is 0 Å². The van der Waals surface area contributed by atoms with Crippen molar-refractivity contribution in [3.63, 3.8) is 0 Å². The van der Waals surface area contributed by atoms with E-state index in [1.807, 2.05) is 37.3 Å². The number of rotatable bonds is 3. The number of carbonyl (C=O) groups is 1. The van der Waals surface area contributed by atoms with Crippen LogP contribution in [0.2, 0.25) is 0 Å². The van der Waals surface area contributed by atoms with E-state index in [0.717, 1.165) is 21.9 Å². The minimum Gasteiger partial charge on any atom is -0.423 e. The van der Waals surface area contributed by atoms with Crippen LogP contribution in [-0.4, -0.2) is 15.9 Å². The Labute approximate surface area is 144 Å². The molecule has 1 aromatic heterocycles. The highest BCUT2D eigenvalue weighted by molar-refractivity contribution is 9.11. The number of para-hydroxylation sites is 2. The van der Waals surface area contributed by atoms with Crippen LogP contribution < -0.4 is 4.74 Å². The van der Waals surface area contributed by atoms with Crippen molar-refractivity contribution >= 4 is 59.9 Å². The zero-order valence-electron chi connectivity index (χ0n) is 11.8. The van der Waals surface area contributed by atoms with Gasteiger partial charge in [-0.1, -0.05) is 19.1 Å². The average molecular weight is 424 g/mol. The van der Waals surface area contributed by atoms with E-state index in [2.05, 4.69) is 41.8 Å². The van der Waals surface area contributed by atoms with Gasteiger partial charge in [-0.3, -0.25) is 4.79 Å². The fourth-order valence-corrected chi connectivity index (χ4v) is 3.46. The van der Waals surface area contributed by atoms with Crippen molar-refractivity contribution in [2.45, 2.75) is 19.8 Å². The number of fused-ring (bicyclic) bond motifs is 2. The maximum absolute atomic E-state index is 11.9. The van der Waals surface area contributed by atoms with E-state index in [-0.39, 0.29) is 5.97 Å². The van der Waals surface area contributed by atoms with Crippen LogP contribution in [-0.2, 0) is 4.79 Å². The Kier molecular flexibility index (Phi) is 4.40. The van der Waals surface area contributed by atoms with Crippen LogP contribution in [0.1, 0.15) is 19.8 Å². The van der Waals surface area contributed by atoms with E-state index >= 15 is 0 Å². The fraction of sp³-hybridized carbons (Fsp3) is 0.188. The van der Waals surface area contributed by atoms with Crippen LogP contribution >= 0.6 is 31.9 Å². The minimum atomic E-state index is -0.276. The van der Waals surface area contributed by atoms with Gasteiger partial charge in [-0.15, -0.1) is 0 Å². The van der Waals surface area contributed by atoms with Crippen LogP contribution in [0.15, 0.2) is 39.3 Å². The summed E-state index contributed by atoms with van der Waals surface area (Å²) in [6.45, 7) is 1.93. The lowest BCUT2D eigenvalue weighted by Crippen LogP contribution is -2.08. The number of hydrogen-bond donors (Lipinski definition) is 0. The van der Waals surface area contributed by atoms with E-state index < -0.39 is 0 Å². The van der Waals surface area contributed by atoms with Crippen LogP contribution in [0.5, 0.6) is 5.75 Å². The van der Waals surface area contributed by atoms with Crippen LogP contribution in [0.3, 0.4) is 0 Å². The lowest BCUT2D eigenvalue weighted by atomic mass is 10.2. The minimum absolute atomic E-state index is 0.276. The van der Waals surface area contributed by atoms with Crippen LogP contribution in [0.25, 0.3) is 22.1 Å². The normalized spacial score (nSPS) is 11.0. The summed E-state index contributed by atoms with van der Waals surface area (Å²) < 4.78 is 6.96. The van der Waals surface area contributed by atoms with Gasteiger partial charge in [-0.2, -0.15) is 0 Å². The molecule has 22 heavy (non-hydrogen) atoms. The van der Waals surface area contributed by atoms with E-state index in [1.165, 1.54) is 0 Å². The SMILES string of the molecule is CCCC(=O)Oc1c(Br)cc(Br)c2nc3ccccc3nc12. The monoisotopic (exact) mass is 422 g/mol. The first kappa shape index (κ1) is 15.4. The Bertz CT molecular complexity index is 881. The molecule has 0 atom stereocenters. The molecule has 0 aliphatic rings. The molecule has 0 saturated heterocycles. The Morgan fingerprint density at radius 2 is 1.73 bits per heavy atom. The molecule has 4 nitrogen and oxygen atoms in total. The highest BCUT2D eigenvalue weighted by Gasteiger charge is 2.17. The van der Waals surface area contributed by atoms with Gasteiger partial charge >= 0.3 is 5.97 Å². The topological polar surface area (TPSA) is 52.1 Å². The van der Waals surface area contributed by atoms with Gasteiger partial charge in [0.1, 0.15) is 11.0 Å². The van der Waals surface area contributed by atoms with Crippen LogP contribution in [0, 0.1) is 0 Å². The van der Waals surface area contributed by atoms with Crippen molar-refractivity contribution in [3.05, 3.63) is 39.3 Å². The first-order valence-electron chi connectivity index (χ1n) is 6.85. The summed E-state index contributed by atoms with van der Waals surface area (Å²) in [6, 6.07) is 9.42. The molecule has 0 N–H and O–H groups in total. The Hall–Kier alpha value is -1.53. The molecule has 0 fully saturated rings. The summed E-state index contributed by atoms with van der Waals surface area (Å²) in [7, 11) is 0. The second kappa shape index (κ2) is 6.30. The summed E-state index contributed by atoms with van der Waals surface area (Å²) in [4.78, 5) is 21.1. The van der Waals surface area contributed by atoms with Gasteiger partial charge < -0.3 is 4.74 Å². The Morgan fingerprint density at radius 1 is 1.09 bits per heavy atom. The molecule has 3 rings (SSSR count). The second-order valence-corrected chi connectivity index (χ2v) is 6.51. The van der Waals surface area contributed by atoms with Gasteiger partial charge in [-0.05, 0) is 56.5 Å². The number of halogens is 2. The van der Waals surface area contributed by atoms with Crippen molar-refractivity contribution in [3.8, 4) is 5.75 Å². The first-order valence-corrected chi connectivity index (χ1v) is 8.44. The zero-order valence-corrected chi connectivity index (χ0v) is 14.9. The number of aromatic nitrogens is 2. The standard InChI is InChI=1S/C16H12Br2N2O2/c1-2-5-13(21)22-16-10(18)8-9(17)14-15(16)20-12-7-4-3-6-11(12)19-14/h3-4,6-8H,2,5H2,1H3. The predicted octanol–water partition coefficient (Wildman–Crippen LogP) is 5.01. The van der Waals surface area contributed by atoms with Crippen LogP contribution in [0.4, 0.5) is 0 Å². The summed E-state index contributed by atoms with van der Waals surface area (Å²) in [5, 5.41) is 0. The Morgan fingerprint density at radius 3 is 2.36 bits per heavy atom. The number of carbonyl (C=O) groups excluding carboxylic acids is 1. The second-order valence-electron chi connectivity index (χ2n) is 4.80. The van der Waals surface area contributed by atoms with Gasteiger partial charge in [0.15, 0.2) is 5.75 Å². The molecule has 6 heteroatoms. The Balaban J connectivity index is 2.25. The van der Waals surface area contributed by atoms with Crippen molar-refractivity contribution in [1.29, 1.82) is 0 Å². The molecule has 112 valence electrons. The van der Waals surface area contributed by atoms with Gasteiger partial charge in [-0.25, -0.2) is 9.97 Å². The molecule has 0 amide bonds. The quantitative estimate of drug-likeness (QED) is 0.337. The maximum Gasteiger partial charge on any atom is 0.311 e. The molecule has 1 heterocycles. The first-order chi connectivity index (χ1) is 10.6. The molecule has 0 saturated carbocycles. The lowest BCUT2D eigenvalue weighted by molar-refractivity contribution is -0.134. The molecule has 0 aliphatic carbocycles. The molecular weight excluding hydrogens is 412 g/mol. The molecule has 0 bridgehead atoms. The van der Waals surface area contributed by atoms with Crippen molar-refractivity contribution in [2.24, 2.45) is 0 Å². The molecule has 0 unspecified atom stereocenters. The van der Waals surface area contributed by atoms with Gasteiger partial charge in [0.25, 0.3) is 0 Å². The lowest BCUT2D eigenvalue weighted by Gasteiger charge is -2.11. The van der Waals surface area contributed by atoms with Crippen molar-refractivity contribution < 1.29 is 9.53 Å². The molecule has 3 aromatic rings. The van der Waals surface area contributed by atoms with Crippen molar-refractivity contribution in [1.82, 2.24) is 9.97 Å². The number of esters is 1. The smallest absolute Gasteiger partial charge is 0.311 e. The predicted molar refractivity (Wildman–Crippen MR) is 93.0 cm³/mol. The van der Waals surface area contributed by atoms with Gasteiger partial charge in [0.2, 0.25) is 0 Å². The van der Waals surface area contributed by atoms with E-state index in [0.29, 0.717) is 27.7 Å². The maximum atomic E-state index is 11.9. The summed E-state index contributed by atoms with van der Waals surface area (Å²) >= 11 is 6.93. The summed E-state index contributed by atoms with van der Waals surface area (Å²) in [5.41, 5.74) is 2.78. The summed E-state index contributed by atoms with van der Waals surface area (Å²) in [5.74, 6) is 0.136. The number of benzene rings is 2. The third kappa shape index (κ3) is 2.85. The molecule has 0 radical (unpaired) electrons. The molecule has 0 spiro atoms. The number of hydrogen-bond acceptors (Lipinski definition) is 4. The van der Waals surface area contributed by atoms with E-state index in [9.17, 15) is 4.79 Å². The van der Waals surface area contributed by atoms with E-state index in [4.69, 9.17) is 4.74 Å². The van der Waals surface area contributed by atoms with Gasteiger partial charge in [0.05, 0.1) is 15.5 Å². The third-order valence-electron chi connectivity index (χ3n) is 3.15. The number of ether oxygens (including phenoxy) is 1. The average Bonchev–Trinajstić information content (AvgIpc) is 2.50. The molecular formula is C16H12Br2N2O2. The number of nitrogens with zero attached hydrogens (tertiary/aromatic N) is 2. The third-order valence-corrected chi connectivity index (χ3v) is 4.35. The highest BCUT2D eigenvalue weighted by atomic mass is 79.9. The zero-order chi connectivity index (χ0) is 15.7.